The number of ketones is 1. The highest BCUT2D eigenvalue weighted by atomic mass is 16.7. The van der Waals surface area contributed by atoms with Gasteiger partial charge in [0.1, 0.15) is 6.61 Å². The summed E-state index contributed by atoms with van der Waals surface area (Å²) in [6, 6.07) is 0. The molecule has 1 aliphatic rings. The molecule has 1 saturated heterocycles. The van der Waals surface area contributed by atoms with Crippen molar-refractivity contribution in [2.75, 3.05) is 26.4 Å². The quantitative estimate of drug-likeness (QED) is 0.603. The maximum absolute atomic E-state index is 11.4. The van der Waals surface area contributed by atoms with Crippen molar-refractivity contribution >= 4 is 5.78 Å². The number of ether oxygens (including phenoxy) is 3. The Kier molecular flexibility index (Phi) is 5.83. The average molecular weight is 216 g/mol. The normalized spacial score (nSPS) is 17.5. The first-order valence-corrected chi connectivity index (χ1v) is 5.51. The van der Waals surface area contributed by atoms with Crippen LogP contribution in [0.25, 0.3) is 0 Å². The molecule has 0 atom stereocenters. The van der Waals surface area contributed by atoms with Crippen LogP contribution in [0.4, 0.5) is 0 Å². The van der Waals surface area contributed by atoms with E-state index in [1.807, 2.05) is 0 Å². The van der Waals surface area contributed by atoms with Crippen molar-refractivity contribution in [1.82, 2.24) is 0 Å². The Morgan fingerprint density at radius 3 is 2.67 bits per heavy atom. The fraction of sp³-hybridized carbons (Fsp3) is 0.909. The van der Waals surface area contributed by atoms with E-state index in [1.165, 1.54) is 0 Å². The lowest BCUT2D eigenvalue weighted by atomic mass is 10.1. The zero-order valence-corrected chi connectivity index (χ0v) is 9.53. The number of Topliss-reactive ketones (excluding diaryl/α,β-unsaturated/α-hetero) is 1. The highest BCUT2D eigenvalue weighted by Crippen LogP contribution is 2.08. The Hall–Kier alpha value is -0.450. The number of carbonyl (C=O) groups excluding carboxylic acids is 1. The molecule has 0 aromatic rings. The SMILES string of the molecule is CC(C)CCOCC(=O)CC1OCCO1. The van der Waals surface area contributed by atoms with Crippen molar-refractivity contribution in [3.8, 4) is 0 Å². The Balaban J connectivity index is 1.98. The molecule has 1 fully saturated rings. The molecule has 1 heterocycles. The highest BCUT2D eigenvalue weighted by molar-refractivity contribution is 5.79. The van der Waals surface area contributed by atoms with Crippen molar-refractivity contribution in [2.24, 2.45) is 5.92 Å². The summed E-state index contributed by atoms with van der Waals surface area (Å²) in [7, 11) is 0. The second-order valence-electron chi connectivity index (χ2n) is 4.15. The number of hydrogen-bond donors (Lipinski definition) is 0. The third kappa shape index (κ3) is 5.87. The highest BCUT2D eigenvalue weighted by Gasteiger charge is 2.19. The van der Waals surface area contributed by atoms with Gasteiger partial charge in [-0.25, -0.2) is 0 Å². The van der Waals surface area contributed by atoms with Crippen LogP contribution in [-0.2, 0) is 19.0 Å². The Morgan fingerprint density at radius 2 is 2.07 bits per heavy atom. The van der Waals surface area contributed by atoms with Gasteiger partial charge in [-0.2, -0.15) is 0 Å². The minimum absolute atomic E-state index is 0.0469. The lowest BCUT2D eigenvalue weighted by Gasteiger charge is -2.08. The lowest BCUT2D eigenvalue weighted by Crippen LogP contribution is -2.18. The summed E-state index contributed by atoms with van der Waals surface area (Å²) in [4.78, 5) is 11.4. The number of carbonyl (C=O) groups is 1. The van der Waals surface area contributed by atoms with Gasteiger partial charge in [-0.3, -0.25) is 4.79 Å². The number of hydrogen-bond acceptors (Lipinski definition) is 4. The van der Waals surface area contributed by atoms with Gasteiger partial charge in [0.05, 0.1) is 19.6 Å². The number of rotatable bonds is 7. The van der Waals surface area contributed by atoms with Gasteiger partial charge in [0.2, 0.25) is 0 Å². The predicted octanol–water partition coefficient (Wildman–Crippen LogP) is 1.38. The molecule has 0 N–H and O–H groups in total. The lowest BCUT2D eigenvalue weighted by molar-refractivity contribution is -0.131. The second kappa shape index (κ2) is 6.93. The first-order valence-electron chi connectivity index (χ1n) is 5.51. The van der Waals surface area contributed by atoms with Gasteiger partial charge in [0.15, 0.2) is 12.1 Å². The Bertz CT molecular complexity index is 185. The molecule has 0 spiro atoms. The predicted molar refractivity (Wildman–Crippen MR) is 55.6 cm³/mol. The smallest absolute Gasteiger partial charge is 0.164 e. The van der Waals surface area contributed by atoms with Crippen LogP contribution in [0, 0.1) is 5.92 Å². The molecule has 0 radical (unpaired) electrons. The van der Waals surface area contributed by atoms with E-state index in [4.69, 9.17) is 14.2 Å². The van der Waals surface area contributed by atoms with Crippen LogP contribution in [0.2, 0.25) is 0 Å². The zero-order valence-electron chi connectivity index (χ0n) is 9.53. The molecule has 1 rings (SSSR count). The van der Waals surface area contributed by atoms with E-state index in [1.54, 1.807) is 0 Å². The zero-order chi connectivity index (χ0) is 11.1. The van der Waals surface area contributed by atoms with Gasteiger partial charge in [-0.1, -0.05) is 13.8 Å². The van der Waals surface area contributed by atoms with Crippen molar-refractivity contribution in [1.29, 1.82) is 0 Å². The largest absolute Gasteiger partial charge is 0.374 e. The Labute approximate surface area is 90.9 Å². The van der Waals surface area contributed by atoms with E-state index in [0.29, 0.717) is 32.2 Å². The molecule has 0 unspecified atom stereocenters. The van der Waals surface area contributed by atoms with Crippen molar-refractivity contribution in [3.63, 3.8) is 0 Å². The molecule has 0 aliphatic carbocycles. The first kappa shape index (κ1) is 12.6. The second-order valence-corrected chi connectivity index (χ2v) is 4.15. The molecule has 15 heavy (non-hydrogen) atoms. The van der Waals surface area contributed by atoms with E-state index >= 15 is 0 Å². The summed E-state index contributed by atoms with van der Waals surface area (Å²) in [6.07, 6.45) is 0.956. The summed E-state index contributed by atoms with van der Waals surface area (Å²) in [5, 5.41) is 0. The minimum Gasteiger partial charge on any atom is -0.374 e. The standard InChI is InChI=1S/C11H20O4/c1-9(2)3-4-13-8-10(12)7-11-14-5-6-15-11/h9,11H,3-8H2,1-2H3. The van der Waals surface area contributed by atoms with E-state index < -0.39 is 0 Å². The molecule has 0 saturated carbocycles. The molecule has 0 bridgehead atoms. The molecular formula is C11H20O4. The summed E-state index contributed by atoms with van der Waals surface area (Å²) >= 11 is 0. The van der Waals surface area contributed by atoms with Crippen LogP contribution in [-0.4, -0.2) is 38.5 Å². The molecule has 1 aliphatic heterocycles. The van der Waals surface area contributed by atoms with Crippen LogP contribution in [0.1, 0.15) is 26.7 Å². The molecule has 4 nitrogen and oxygen atoms in total. The van der Waals surface area contributed by atoms with Crippen molar-refractivity contribution in [3.05, 3.63) is 0 Å². The maximum atomic E-state index is 11.4. The van der Waals surface area contributed by atoms with Crippen LogP contribution in [0.5, 0.6) is 0 Å². The van der Waals surface area contributed by atoms with E-state index in [-0.39, 0.29) is 18.7 Å². The van der Waals surface area contributed by atoms with Gasteiger partial charge in [-0.05, 0) is 12.3 Å². The third-order valence-corrected chi connectivity index (χ3v) is 2.19. The summed E-state index contributed by atoms with van der Waals surface area (Å²) in [5.74, 6) is 0.659. The van der Waals surface area contributed by atoms with Crippen LogP contribution >= 0.6 is 0 Å². The van der Waals surface area contributed by atoms with Gasteiger partial charge in [0.25, 0.3) is 0 Å². The summed E-state index contributed by atoms with van der Waals surface area (Å²) in [5.41, 5.74) is 0. The van der Waals surface area contributed by atoms with Gasteiger partial charge in [0, 0.05) is 6.61 Å². The first-order chi connectivity index (χ1) is 7.18. The fourth-order valence-corrected chi connectivity index (χ4v) is 1.27. The Morgan fingerprint density at radius 1 is 1.40 bits per heavy atom. The minimum atomic E-state index is -0.341. The van der Waals surface area contributed by atoms with E-state index in [2.05, 4.69) is 13.8 Å². The van der Waals surface area contributed by atoms with Crippen LogP contribution in [0.15, 0.2) is 0 Å². The summed E-state index contributed by atoms with van der Waals surface area (Å²) in [6.45, 7) is 6.26. The summed E-state index contributed by atoms with van der Waals surface area (Å²) < 4.78 is 15.6. The van der Waals surface area contributed by atoms with Gasteiger partial charge in [-0.15, -0.1) is 0 Å². The maximum Gasteiger partial charge on any atom is 0.164 e. The monoisotopic (exact) mass is 216 g/mol. The van der Waals surface area contributed by atoms with E-state index in [0.717, 1.165) is 6.42 Å². The average Bonchev–Trinajstić information content (AvgIpc) is 2.64. The van der Waals surface area contributed by atoms with Crippen LogP contribution < -0.4 is 0 Å². The topological polar surface area (TPSA) is 44.8 Å². The van der Waals surface area contributed by atoms with Gasteiger partial charge < -0.3 is 14.2 Å². The molecule has 0 aromatic carbocycles. The van der Waals surface area contributed by atoms with E-state index in [9.17, 15) is 4.79 Å². The molecular weight excluding hydrogens is 196 g/mol. The molecule has 4 heteroatoms. The van der Waals surface area contributed by atoms with Crippen LogP contribution in [0.3, 0.4) is 0 Å². The molecule has 0 aromatic heterocycles. The van der Waals surface area contributed by atoms with Crippen molar-refractivity contribution < 1.29 is 19.0 Å². The van der Waals surface area contributed by atoms with Crippen molar-refractivity contribution in [2.45, 2.75) is 33.0 Å². The molecule has 0 amide bonds. The third-order valence-electron chi connectivity index (χ3n) is 2.19. The fourth-order valence-electron chi connectivity index (χ4n) is 1.27. The molecule has 88 valence electrons. The van der Waals surface area contributed by atoms with Gasteiger partial charge >= 0.3 is 0 Å².